The second-order valence-electron chi connectivity index (χ2n) is 9.44. The van der Waals surface area contributed by atoms with Gasteiger partial charge in [-0.1, -0.05) is 84.9 Å². The molecule has 0 aliphatic heterocycles. The van der Waals surface area contributed by atoms with Crippen molar-refractivity contribution in [1.82, 2.24) is 10.2 Å². The van der Waals surface area contributed by atoms with E-state index in [4.69, 9.17) is 27.9 Å². The van der Waals surface area contributed by atoms with Gasteiger partial charge in [-0.25, -0.2) is 0 Å². The normalized spacial score (nSPS) is 14.5. The van der Waals surface area contributed by atoms with Crippen LogP contribution in [-0.4, -0.2) is 35.4 Å². The predicted molar refractivity (Wildman–Crippen MR) is 148 cm³/mol. The molecule has 2 amide bonds. The number of nitrogens with zero attached hydrogens (tertiary/aromatic N) is 1. The Labute approximate surface area is 228 Å². The van der Waals surface area contributed by atoms with Gasteiger partial charge in [0.25, 0.3) is 5.91 Å². The predicted octanol–water partition coefficient (Wildman–Crippen LogP) is 6.46. The summed E-state index contributed by atoms with van der Waals surface area (Å²) in [6.07, 6.45) is 5.73. The molecular weight excluding hydrogens is 507 g/mol. The van der Waals surface area contributed by atoms with Gasteiger partial charge in [0.05, 0.1) is 0 Å². The second-order valence-corrected chi connectivity index (χ2v) is 10.3. The van der Waals surface area contributed by atoms with Gasteiger partial charge >= 0.3 is 0 Å². The quantitative estimate of drug-likeness (QED) is 0.322. The maximum absolute atomic E-state index is 13.7. The minimum absolute atomic E-state index is 0.132. The van der Waals surface area contributed by atoms with Crippen molar-refractivity contribution in [2.24, 2.45) is 0 Å². The SMILES string of the molecule is O=C(NC1CCCCC1)C(Cc1ccccc1)N(Cc1cccc(Cl)c1)C(=O)COc1ccc(Cl)cc1. The number of halogens is 2. The highest BCUT2D eigenvalue weighted by molar-refractivity contribution is 6.30. The first-order chi connectivity index (χ1) is 18.0. The van der Waals surface area contributed by atoms with Crippen LogP contribution >= 0.6 is 23.2 Å². The van der Waals surface area contributed by atoms with E-state index in [9.17, 15) is 9.59 Å². The molecular formula is C30H32Cl2N2O3. The van der Waals surface area contributed by atoms with Gasteiger partial charge in [0.1, 0.15) is 11.8 Å². The van der Waals surface area contributed by atoms with Crippen LogP contribution in [0.15, 0.2) is 78.9 Å². The van der Waals surface area contributed by atoms with Crippen LogP contribution < -0.4 is 10.1 Å². The lowest BCUT2D eigenvalue weighted by molar-refractivity contribution is -0.143. The van der Waals surface area contributed by atoms with Crippen LogP contribution in [0.5, 0.6) is 5.75 Å². The van der Waals surface area contributed by atoms with Crippen molar-refractivity contribution in [3.05, 3.63) is 100 Å². The highest BCUT2D eigenvalue weighted by Crippen LogP contribution is 2.21. The van der Waals surface area contributed by atoms with Gasteiger partial charge in [0.15, 0.2) is 6.61 Å². The lowest BCUT2D eigenvalue weighted by atomic mass is 9.94. The first kappa shape index (κ1) is 27.0. The van der Waals surface area contributed by atoms with Gasteiger partial charge in [0, 0.05) is 29.1 Å². The fourth-order valence-electron chi connectivity index (χ4n) is 4.69. The Bertz CT molecular complexity index is 1160. The van der Waals surface area contributed by atoms with E-state index in [0.29, 0.717) is 22.2 Å². The Morgan fingerprint density at radius 3 is 2.27 bits per heavy atom. The van der Waals surface area contributed by atoms with Crippen molar-refractivity contribution in [2.45, 2.75) is 57.2 Å². The summed E-state index contributed by atoms with van der Waals surface area (Å²) in [5.74, 6) is 0.110. The van der Waals surface area contributed by atoms with E-state index in [1.165, 1.54) is 6.42 Å². The number of ether oxygens (including phenoxy) is 1. The van der Waals surface area contributed by atoms with Crippen LogP contribution in [0.2, 0.25) is 10.0 Å². The molecule has 1 fully saturated rings. The number of rotatable bonds is 10. The van der Waals surface area contributed by atoms with Crippen LogP contribution in [0.1, 0.15) is 43.2 Å². The third kappa shape index (κ3) is 8.24. The monoisotopic (exact) mass is 538 g/mol. The highest BCUT2D eigenvalue weighted by Gasteiger charge is 2.32. The Kier molecular flexibility index (Phi) is 9.86. The molecule has 0 aromatic heterocycles. The zero-order chi connectivity index (χ0) is 26.0. The fraction of sp³-hybridized carbons (Fsp3) is 0.333. The van der Waals surface area contributed by atoms with Crippen molar-refractivity contribution < 1.29 is 14.3 Å². The summed E-state index contributed by atoms with van der Waals surface area (Å²) in [6, 6.07) is 23.4. The highest BCUT2D eigenvalue weighted by atomic mass is 35.5. The average molecular weight is 540 g/mol. The van der Waals surface area contributed by atoms with E-state index in [0.717, 1.165) is 36.8 Å². The number of carbonyl (C=O) groups is 2. The van der Waals surface area contributed by atoms with Gasteiger partial charge < -0.3 is 15.0 Å². The Morgan fingerprint density at radius 2 is 1.57 bits per heavy atom. The zero-order valence-electron chi connectivity index (χ0n) is 20.7. The largest absolute Gasteiger partial charge is 0.484 e. The van der Waals surface area contributed by atoms with E-state index in [-0.39, 0.29) is 31.0 Å². The van der Waals surface area contributed by atoms with Crippen LogP contribution in [0.4, 0.5) is 0 Å². The molecule has 37 heavy (non-hydrogen) atoms. The van der Waals surface area contributed by atoms with Crippen molar-refractivity contribution in [3.63, 3.8) is 0 Å². The van der Waals surface area contributed by atoms with E-state index in [1.807, 2.05) is 48.5 Å². The number of nitrogens with one attached hydrogen (secondary N) is 1. The fourth-order valence-corrected chi connectivity index (χ4v) is 5.03. The molecule has 3 aromatic carbocycles. The first-order valence-electron chi connectivity index (χ1n) is 12.7. The van der Waals surface area contributed by atoms with Crippen molar-refractivity contribution in [3.8, 4) is 5.75 Å². The maximum atomic E-state index is 13.7. The summed E-state index contributed by atoms with van der Waals surface area (Å²) < 4.78 is 5.79. The molecule has 1 N–H and O–H groups in total. The molecule has 0 radical (unpaired) electrons. The van der Waals surface area contributed by atoms with Gasteiger partial charge in [-0.2, -0.15) is 0 Å². The molecule has 1 saturated carbocycles. The van der Waals surface area contributed by atoms with Crippen LogP contribution in [0.25, 0.3) is 0 Å². The lowest BCUT2D eigenvalue weighted by Crippen LogP contribution is -2.53. The molecule has 0 spiro atoms. The third-order valence-electron chi connectivity index (χ3n) is 6.64. The molecule has 4 rings (SSSR count). The summed E-state index contributed by atoms with van der Waals surface area (Å²) in [5, 5.41) is 4.40. The van der Waals surface area contributed by atoms with Crippen molar-refractivity contribution >= 4 is 35.0 Å². The molecule has 0 bridgehead atoms. The van der Waals surface area contributed by atoms with Crippen LogP contribution in [0, 0.1) is 0 Å². The molecule has 1 atom stereocenters. The summed E-state index contributed by atoms with van der Waals surface area (Å²) in [5.41, 5.74) is 1.82. The van der Waals surface area contributed by atoms with E-state index < -0.39 is 6.04 Å². The van der Waals surface area contributed by atoms with Gasteiger partial charge in [-0.3, -0.25) is 9.59 Å². The lowest BCUT2D eigenvalue weighted by Gasteiger charge is -2.33. The van der Waals surface area contributed by atoms with Crippen LogP contribution in [0.3, 0.4) is 0 Å². The zero-order valence-corrected chi connectivity index (χ0v) is 22.3. The standard InChI is InChI=1S/C30H32Cl2N2O3/c31-24-14-16-27(17-15-24)37-21-29(35)34(20-23-10-7-11-25(32)18-23)28(19-22-8-3-1-4-9-22)30(36)33-26-12-5-2-6-13-26/h1,3-4,7-11,14-18,26,28H,2,5-6,12-13,19-21H2,(H,33,36). The number of hydrogen-bond donors (Lipinski definition) is 1. The number of carbonyl (C=O) groups excluding carboxylic acids is 2. The third-order valence-corrected chi connectivity index (χ3v) is 7.13. The second kappa shape index (κ2) is 13.5. The molecule has 0 heterocycles. The van der Waals surface area contributed by atoms with Crippen LogP contribution in [-0.2, 0) is 22.6 Å². The number of benzene rings is 3. The van der Waals surface area contributed by atoms with E-state index >= 15 is 0 Å². The molecule has 194 valence electrons. The molecule has 1 aliphatic rings. The van der Waals surface area contributed by atoms with E-state index in [1.54, 1.807) is 35.2 Å². The molecule has 7 heteroatoms. The Balaban J connectivity index is 1.60. The van der Waals surface area contributed by atoms with Gasteiger partial charge in [0.2, 0.25) is 5.91 Å². The van der Waals surface area contributed by atoms with E-state index in [2.05, 4.69) is 5.32 Å². The smallest absolute Gasteiger partial charge is 0.261 e. The molecule has 1 unspecified atom stereocenters. The Hall–Kier alpha value is -3.02. The molecule has 0 saturated heterocycles. The number of amides is 2. The molecule has 3 aromatic rings. The Morgan fingerprint density at radius 1 is 0.865 bits per heavy atom. The van der Waals surface area contributed by atoms with Crippen molar-refractivity contribution in [1.29, 1.82) is 0 Å². The molecule has 1 aliphatic carbocycles. The summed E-state index contributed by atoms with van der Waals surface area (Å²) in [4.78, 5) is 29.0. The summed E-state index contributed by atoms with van der Waals surface area (Å²) >= 11 is 12.2. The molecule has 5 nitrogen and oxygen atoms in total. The van der Waals surface area contributed by atoms with Gasteiger partial charge in [-0.05, 0) is 60.4 Å². The maximum Gasteiger partial charge on any atom is 0.261 e. The average Bonchev–Trinajstić information content (AvgIpc) is 2.91. The summed E-state index contributed by atoms with van der Waals surface area (Å²) in [6.45, 7) is 0.0309. The summed E-state index contributed by atoms with van der Waals surface area (Å²) in [7, 11) is 0. The number of hydrogen-bond acceptors (Lipinski definition) is 3. The topological polar surface area (TPSA) is 58.6 Å². The van der Waals surface area contributed by atoms with Gasteiger partial charge in [-0.15, -0.1) is 0 Å². The van der Waals surface area contributed by atoms with Crippen molar-refractivity contribution in [2.75, 3.05) is 6.61 Å². The minimum Gasteiger partial charge on any atom is -0.484 e. The minimum atomic E-state index is -0.704. The first-order valence-corrected chi connectivity index (χ1v) is 13.5.